The first-order valence-electron chi connectivity index (χ1n) is 10.4. The smallest absolute Gasteiger partial charge is 0.236 e. The van der Waals surface area contributed by atoms with E-state index in [2.05, 4.69) is 10.3 Å². The molecule has 0 saturated carbocycles. The lowest BCUT2D eigenvalue weighted by Crippen LogP contribution is -2.22. The molecule has 0 atom stereocenters. The molecule has 1 N–H and O–H groups in total. The summed E-state index contributed by atoms with van der Waals surface area (Å²) in [4.78, 5) is 17.9. The highest BCUT2D eigenvalue weighted by Gasteiger charge is 2.23. The van der Waals surface area contributed by atoms with E-state index in [1.54, 1.807) is 36.4 Å². The summed E-state index contributed by atoms with van der Waals surface area (Å²) >= 11 is 12.4. The molecule has 6 heteroatoms. The molecule has 0 bridgehead atoms. The number of hydrogen-bond acceptors (Lipinski definition) is 3. The lowest BCUT2D eigenvalue weighted by Gasteiger charge is -2.18. The number of hydrogen-bond donors (Lipinski definition) is 1. The minimum atomic E-state index is -0.443. The SMILES string of the molecule is O=C(Nc1ccc2oc(-c3cccc(Cl)c3Cl)nc2c1)C(c1ccccc1)c1ccccc1. The van der Waals surface area contributed by atoms with Gasteiger partial charge in [-0.2, -0.15) is 0 Å². The fourth-order valence-electron chi connectivity index (χ4n) is 3.79. The molecule has 0 aliphatic rings. The van der Waals surface area contributed by atoms with Gasteiger partial charge in [0.05, 0.1) is 21.5 Å². The number of anilines is 1. The summed E-state index contributed by atoms with van der Waals surface area (Å²) in [5.74, 6) is -0.206. The Bertz CT molecular complexity index is 1390. The fourth-order valence-corrected chi connectivity index (χ4v) is 4.17. The molecule has 0 unspecified atom stereocenters. The molecule has 4 nitrogen and oxygen atoms in total. The number of carbonyl (C=O) groups excluding carboxylic acids is 1. The Morgan fingerprint density at radius 3 is 2.15 bits per heavy atom. The maximum absolute atomic E-state index is 13.4. The minimum absolute atomic E-state index is 0.131. The highest BCUT2D eigenvalue weighted by molar-refractivity contribution is 6.43. The van der Waals surface area contributed by atoms with Crippen molar-refractivity contribution in [1.29, 1.82) is 0 Å². The second-order valence-corrected chi connectivity index (χ2v) is 8.33. The van der Waals surface area contributed by atoms with Crippen molar-refractivity contribution in [3.8, 4) is 11.5 Å². The zero-order valence-electron chi connectivity index (χ0n) is 17.3. The number of nitrogens with one attached hydrogen (secondary N) is 1. The molecule has 33 heavy (non-hydrogen) atoms. The molecule has 0 radical (unpaired) electrons. The normalized spacial score (nSPS) is 11.1. The van der Waals surface area contributed by atoms with Gasteiger partial charge < -0.3 is 9.73 Å². The largest absolute Gasteiger partial charge is 0.436 e. The van der Waals surface area contributed by atoms with Gasteiger partial charge in [0.25, 0.3) is 0 Å². The van der Waals surface area contributed by atoms with Gasteiger partial charge in [0.15, 0.2) is 5.58 Å². The van der Waals surface area contributed by atoms with Crippen molar-refractivity contribution in [2.75, 3.05) is 5.32 Å². The predicted molar refractivity (Wildman–Crippen MR) is 133 cm³/mol. The van der Waals surface area contributed by atoms with Crippen molar-refractivity contribution in [3.05, 3.63) is 118 Å². The number of fused-ring (bicyclic) bond motifs is 1. The lowest BCUT2D eigenvalue weighted by atomic mass is 9.90. The van der Waals surface area contributed by atoms with Gasteiger partial charge >= 0.3 is 0 Å². The molecule has 0 spiro atoms. The third-order valence-corrected chi connectivity index (χ3v) is 6.18. The molecule has 0 fully saturated rings. The van der Waals surface area contributed by atoms with Crippen molar-refractivity contribution in [1.82, 2.24) is 4.98 Å². The van der Waals surface area contributed by atoms with Crippen molar-refractivity contribution >= 4 is 45.9 Å². The van der Waals surface area contributed by atoms with Crippen LogP contribution in [0.3, 0.4) is 0 Å². The number of nitrogens with zero attached hydrogens (tertiary/aromatic N) is 1. The Hall–Kier alpha value is -3.60. The predicted octanol–water partition coefficient (Wildman–Crippen LogP) is 7.57. The number of amides is 1. The Balaban J connectivity index is 1.46. The molecule has 0 saturated heterocycles. The molecule has 1 amide bonds. The molecule has 5 rings (SSSR count). The molecule has 162 valence electrons. The van der Waals surface area contributed by atoms with E-state index in [9.17, 15) is 4.79 Å². The summed E-state index contributed by atoms with van der Waals surface area (Å²) in [6, 6.07) is 30.1. The van der Waals surface area contributed by atoms with Crippen molar-refractivity contribution in [2.45, 2.75) is 5.92 Å². The maximum atomic E-state index is 13.4. The minimum Gasteiger partial charge on any atom is -0.436 e. The van der Waals surface area contributed by atoms with Crippen LogP contribution in [0.15, 0.2) is 101 Å². The zero-order chi connectivity index (χ0) is 22.8. The first-order chi connectivity index (χ1) is 16.1. The van der Waals surface area contributed by atoms with Crippen LogP contribution in [0.4, 0.5) is 5.69 Å². The summed E-state index contributed by atoms with van der Waals surface area (Å²) in [6.07, 6.45) is 0. The van der Waals surface area contributed by atoms with Crippen molar-refractivity contribution in [2.24, 2.45) is 0 Å². The van der Waals surface area contributed by atoms with Crippen LogP contribution in [0, 0.1) is 0 Å². The molecule has 0 aliphatic carbocycles. The molecule has 1 aromatic heterocycles. The van der Waals surface area contributed by atoms with E-state index < -0.39 is 5.92 Å². The number of halogens is 2. The Morgan fingerprint density at radius 2 is 1.48 bits per heavy atom. The van der Waals surface area contributed by atoms with Crippen LogP contribution in [-0.4, -0.2) is 10.9 Å². The fraction of sp³-hybridized carbons (Fsp3) is 0.0370. The zero-order valence-corrected chi connectivity index (χ0v) is 18.8. The van der Waals surface area contributed by atoms with E-state index in [1.807, 2.05) is 60.7 Å². The maximum Gasteiger partial charge on any atom is 0.236 e. The van der Waals surface area contributed by atoms with E-state index in [1.165, 1.54) is 0 Å². The van der Waals surface area contributed by atoms with Crippen LogP contribution in [0.2, 0.25) is 10.0 Å². The Morgan fingerprint density at radius 1 is 0.818 bits per heavy atom. The summed E-state index contributed by atoms with van der Waals surface area (Å²) in [7, 11) is 0. The summed E-state index contributed by atoms with van der Waals surface area (Å²) in [5.41, 5.74) is 4.26. The molecule has 0 aliphatic heterocycles. The standard InChI is InChI=1S/C27H18Cl2N2O2/c28-21-13-7-12-20(25(21)29)27-31-22-16-19(14-15-23(22)33-27)30-26(32)24(17-8-3-1-4-9-17)18-10-5-2-6-11-18/h1-16,24H,(H,30,32). The average molecular weight is 473 g/mol. The van der Waals surface area contributed by atoms with Gasteiger partial charge in [-0.3, -0.25) is 4.79 Å². The van der Waals surface area contributed by atoms with Crippen LogP contribution in [0.5, 0.6) is 0 Å². The van der Waals surface area contributed by atoms with Crippen molar-refractivity contribution in [3.63, 3.8) is 0 Å². The van der Waals surface area contributed by atoms with Gasteiger partial charge in [-0.25, -0.2) is 4.98 Å². The highest BCUT2D eigenvalue weighted by atomic mass is 35.5. The first kappa shape index (κ1) is 21.3. The second-order valence-electron chi connectivity index (χ2n) is 7.55. The number of benzene rings is 4. The summed E-state index contributed by atoms with van der Waals surface area (Å²) < 4.78 is 5.87. The molecule has 5 aromatic rings. The van der Waals surface area contributed by atoms with Gasteiger partial charge in [0, 0.05) is 5.69 Å². The second kappa shape index (κ2) is 9.10. The van der Waals surface area contributed by atoms with Gasteiger partial charge in [-0.1, -0.05) is 89.9 Å². The van der Waals surface area contributed by atoms with Crippen LogP contribution < -0.4 is 5.32 Å². The summed E-state index contributed by atoms with van der Waals surface area (Å²) in [5, 5.41) is 3.84. The number of oxazole rings is 1. The average Bonchev–Trinajstić information content (AvgIpc) is 3.25. The monoisotopic (exact) mass is 472 g/mol. The van der Waals surface area contributed by atoms with Gasteiger partial charge in [0.1, 0.15) is 5.52 Å². The Kier molecular flexibility index (Phi) is 5.86. The Labute approximate surface area is 200 Å². The first-order valence-corrected chi connectivity index (χ1v) is 11.1. The third kappa shape index (κ3) is 4.36. The van der Waals surface area contributed by atoms with E-state index >= 15 is 0 Å². The quantitative estimate of drug-likeness (QED) is 0.286. The van der Waals surface area contributed by atoms with Crippen LogP contribution >= 0.6 is 23.2 Å². The van der Waals surface area contributed by atoms with E-state index in [4.69, 9.17) is 27.6 Å². The topological polar surface area (TPSA) is 55.1 Å². The number of rotatable bonds is 5. The summed E-state index contributed by atoms with van der Waals surface area (Å²) in [6.45, 7) is 0. The van der Waals surface area contributed by atoms with Crippen LogP contribution in [0.25, 0.3) is 22.6 Å². The van der Waals surface area contributed by atoms with Gasteiger partial charge in [-0.05, 0) is 41.5 Å². The van der Waals surface area contributed by atoms with E-state index in [-0.39, 0.29) is 5.91 Å². The molecular formula is C27H18Cl2N2O2. The van der Waals surface area contributed by atoms with Crippen LogP contribution in [0.1, 0.15) is 17.0 Å². The number of aromatic nitrogens is 1. The van der Waals surface area contributed by atoms with E-state index in [0.717, 1.165) is 11.1 Å². The molecule has 1 heterocycles. The third-order valence-electron chi connectivity index (χ3n) is 5.37. The van der Waals surface area contributed by atoms with Gasteiger partial charge in [0.2, 0.25) is 11.8 Å². The highest BCUT2D eigenvalue weighted by Crippen LogP contribution is 2.35. The number of carbonyl (C=O) groups is 1. The molecule has 4 aromatic carbocycles. The van der Waals surface area contributed by atoms with E-state index in [0.29, 0.717) is 38.3 Å². The van der Waals surface area contributed by atoms with Crippen molar-refractivity contribution < 1.29 is 9.21 Å². The lowest BCUT2D eigenvalue weighted by molar-refractivity contribution is -0.116. The van der Waals surface area contributed by atoms with Crippen LogP contribution in [-0.2, 0) is 4.79 Å². The molecular weight excluding hydrogens is 455 g/mol. The van der Waals surface area contributed by atoms with Gasteiger partial charge in [-0.15, -0.1) is 0 Å².